The van der Waals surface area contributed by atoms with Crippen LogP contribution in [0.15, 0.2) is 54.6 Å². The number of likely N-dealkylation sites (tertiary alicyclic amines) is 1. The van der Waals surface area contributed by atoms with Gasteiger partial charge in [0.25, 0.3) is 5.91 Å². The third-order valence-electron chi connectivity index (χ3n) is 12.2. The number of phosphoric ester groups is 1. The molecule has 3 aromatic carbocycles. The van der Waals surface area contributed by atoms with Gasteiger partial charge in [0.2, 0.25) is 5.91 Å². The topological polar surface area (TPSA) is 397 Å². The van der Waals surface area contributed by atoms with Gasteiger partial charge in [-0.2, -0.15) is 8.62 Å². The molecule has 5 heterocycles. The lowest BCUT2D eigenvalue weighted by molar-refractivity contribution is -0.121. The standard InChI is InChI=1S/C41H49N6O20P3/c42-36-33-22(18-47(37(33)46-20-45-36)39-35(52)34(51)31(64-39)19-62-69(58,59)67-70(60,61)66-68(55,56)57)5-4-14-43-32(50)6-2-1-3-13-44-38(53)21-7-10-26-25(15-21)40(54)65-41(26)27-11-8-23(48)16-29(27)63-30-17-24(49)9-12-28(30)41/h7-12,15-17,22,31,33-37,39,45-46,48-49,51-52H,1-3,6,13-14,18-20,42H2,(H,43,50)(H,44,53)(H,58,59)(H,60,61)(H2,55,56,57)/t22?,31-,33?,34?,35?,36?,37?,39-/m1/s1. The number of hydrogen-bond donors (Lipinski definition) is 13. The van der Waals surface area contributed by atoms with E-state index in [9.17, 15) is 58.3 Å². The van der Waals surface area contributed by atoms with Crippen molar-refractivity contribution in [2.24, 2.45) is 17.6 Å². The minimum atomic E-state index is -5.79. The molecule has 378 valence electrons. The number of nitrogens with one attached hydrogen (secondary N) is 4. The monoisotopic (exact) mass is 1040 g/mol. The van der Waals surface area contributed by atoms with Crippen molar-refractivity contribution in [3.8, 4) is 34.8 Å². The number of esters is 1. The summed E-state index contributed by atoms with van der Waals surface area (Å²) in [6.45, 7) is -0.302. The molecule has 0 radical (unpaired) electrons. The van der Waals surface area contributed by atoms with E-state index in [0.29, 0.717) is 42.5 Å². The number of amides is 2. The number of aliphatic hydroxyl groups excluding tert-OH is 2. The van der Waals surface area contributed by atoms with Crippen LogP contribution in [0.4, 0.5) is 0 Å². The average Bonchev–Trinajstić information content (AvgIpc) is 3.89. The smallest absolute Gasteiger partial charge is 0.490 e. The number of phenols is 2. The zero-order chi connectivity index (χ0) is 50.3. The lowest BCUT2D eigenvalue weighted by atomic mass is 9.77. The van der Waals surface area contributed by atoms with Gasteiger partial charge in [-0.3, -0.25) is 29.6 Å². The van der Waals surface area contributed by atoms with Crippen LogP contribution >= 0.6 is 23.5 Å². The fourth-order valence-electron chi connectivity index (χ4n) is 9.19. The predicted octanol–water partition coefficient (Wildman–Crippen LogP) is 0.175. The summed E-state index contributed by atoms with van der Waals surface area (Å²) >= 11 is 0. The van der Waals surface area contributed by atoms with Gasteiger partial charge in [0.05, 0.1) is 31.0 Å². The lowest BCUT2D eigenvalue weighted by Gasteiger charge is -2.39. The number of unbranched alkanes of at least 4 members (excludes halogenated alkanes) is 2. The Kier molecular flexibility index (Phi) is 15.0. The van der Waals surface area contributed by atoms with Crippen LogP contribution in [-0.4, -0.2) is 132 Å². The number of benzene rings is 3. The van der Waals surface area contributed by atoms with Crippen LogP contribution in [-0.2, 0) is 46.7 Å². The fraction of sp³-hybridized carbons (Fsp3) is 0.439. The number of phenolic OH excluding ortho intramolecular Hbond substituents is 2. The van der Waals surface area contributed by atoms with E-state index in [1.807, 2.05) is 0 Å². The molecule has 8 unspecified atom stereocenters. The molecule has 26 nitrogen and oxygen atoms in total. The normalized spacial score (nSPS) is 27.0. The van der Waals surface area contributed by atoms with Crippen molar-refractivity contribution in [1.29, 1.82) is 0 Å². The van der Waals surface area contributed by atoms with Gasteiger partial charge in [-0.1, -0.05) is 24.3 Å². The van der Waals surface area contributed by atoms with Gasteiger partial charge in [-0.25, -0.2) is 18.5 Å². The van der Waals surface area contributed by atoms with E-state index in [2.05, 4.69) is 46.3 Å². The Balaban J connectivity index is 0.785. The summed E-state index contributed by atoms with van der Waals surface area (Å²) in [5.41, 5.74) is 6.69. The molecule has 3 fully saturated rings. The van der Waals surface area contributed by atoms with Crippen molar-refractivity contribution in [1.82, 2.24) is 26.2 Å². The summed E-state index contributed by atoms with van der Waals surface area (Å²) in [5, 5.41) is 53.8. The minimum Gasteiger partial charge on any atom is -0.508 e. The first kappa shape index (κ1) is 51.5. The predicted molar refractivity (Wildman–Crippen MR) is 237 cm³/mol. The van der Waals surface area contributed by atoms with Gasteiger partial charge in [0.15, 0.2) is 5.60 Å². The largest absolute Gasteiger partial charge is 0.508 e. The zero-order valence-corrected chi connectivity index (χ0v) is 39.2. The Labute approximate surface area is 397 Å². The summed E-state index contributed by atoms with van der Waals surface area (Å²) in [6, 6.07) is 13.5. The molecule has 3 aromatic rings. The number of aliphatic hydroxyl groups is 2. The first-order valence-corrected chi connectivity index (χ1v) is 26.1. The maximum atomic E-state index is 13.4. The molecule has 5 aliphatic rings. The van der Waals surface area contributed by atoms with Gasteiger partial charge < -0.3 is 70.6 Å². The lowest BCUT2D eigenvalue weighted by Crippen LogP contribution is -2.65. The molecule has 1 spiro atoms. The number of fused-ring (bicyclic) bond motifs is 7. The molecule has 8 rings (SSSR count). The van der Waals surface area contributed by atoms with E-state index in [4.69, 9.17) is 29.7 Å². The summed E-state index contributed by atoms with van der Waals surface area (Å²) in [5.74, 6) is 4.15. The highest BCUT2D eigenvalue weighted by molar-refractivity contribution is 7.66. The molecule has 0 bridgehead atoms. The Hall–Kier alpha value is -4.84. The van der Waals surface area contributed by atoms with Crippen molar-refractivity contribution in [3.05, 3.63) is 82.4 Å². The second-order valence-electron chi connectivity index (χ2n) is 16.8. The molecule has 14 N–H and O–H groups in total. The van der Waals surface area contributed by atoms with Crippen LogP contribution < -0.4 is 31.7 Å². The highest BCUT2D eigenvalue weighted by atomic mass is 31.3. The van der Waals surface area contributed by atoms with Crippen LogP contribution in [0.5, 0.6) is 23.0 Å². The summed E-state index contributed by atoms with van der Waals surface area (Å²) in [7, 11) is -17.0. The van der Waals surface area contributed by atoms with E-state index in [-0.39, 0.29) is 66.2 Å². The SMILES string of the molecule is NC1NCNC2C1C(C#CCNC(=O)CCCCCNC(=O)c1ccc3c(c1)C(=O)OC31c3ccc(O)cc3Oc3cc(O)ccc31)CN2[C@@H]1O[C@H](COP(=O)(O)OP(=O)(O)OP(=O)(O)O)C(O)C1O. The van der Waals surface area contributed by atoms with E-state index >= 15 is 0 Å². The number of carbonyl (C=O) groups is 3. The van der Waals surface area contributed by atoms with E-state index in [1.165, 1.54) is 30.3 Å². The van der Waals surface area contributed by atoms with Crippen LogP contribution in [0.3, 0.4) is 0 Å². The number of hydrogen-bond acceptors (Lipinski definition) is 20. The van der Waals surface area contributed by atoms with Gasteiger partial charge in [0, 0.05) is 72.4 Å². The number of nitrogens with zero attached hydrogens (tertiary/aromatic N) is 1. The Morgan fingerprint density at radius 2 is 1.56 bits per heavy atom. The van der Waals surface area contributed by atoms with Crippen LogP contribution in [0.1, 0.15) is 63.1 Å². The van der Waals surface area contributed by atoms with Crippen molar-refractivity contribution in [2.75, 3.05) is 32.9 Å². The van der Waals surface area contributed by atoms with Gasteiger partial charge >= 0.3 is 29.4 Å². The Bertz CT molecular complexity index is 2700. The van der Waals surface area contributed by atoms with E-state index < -0.39 is 96.3 Å². The van der Waals surface area contributed by atoms with Crippen molar-refractivity contribution in [2.45, 2.75) is 68.2 Å². The molecule has 3 saturated heterocycles. The molecular weight excluding hydrogens is 989 g/mol. The van der Waals surface area contributed by atoms with Gasteiger partial charge in [-0.15, -0.1) is 0 Å². The van der Waals surface area contributed by atoms with Crippen molar-refractivity contribution in [3.63, 3.8) is 0 Å². The third kappa shape index (κ3) is 11.0. The first-order chi connectivity index (χ1) is 33.1. The summed E-state index contributed by atoms with van der Waals surface area (Å²) in [4.78, 5) is 77.6. The summed E-state index contributed by atoms with van der Waals surface area (Å²) in [6.07, 6.45) is -5.35. The molecule has 29 heteroatoms. The number of aromatic hydroxyl groups is 2. The minimum absolute atomic E-state index is 0.00175. The second-order valence-corrected chi connectivity index (χ2v) is 21.2. The molecule has 0 saturated carbocycles. The maximum absolute atomic E-state index is 13.4. The van der Waals surface area contributed by atoms with Crippen LogP contribution in [0.25, 0.3) is 0 Å². The number of ether oxygens (including phenoxy) is 3. The van der Waals surface area contributed by atoms with E-state index in [0.717, 1.165) is 0 Å². The number of nitrogens with two attached hydrogens (primary N) is 1. The molecule has 0 aliphatic carbocycles. The van der Waals surface area contributed by atoms with Gasteiger partial charge in [-0.05, 0) is 49.2 Å². The Morgan fingerprint density at radius 3 is 2.24 bits per heavy atom. The van der Waals surface area contributed by atoms with Crippen LogP contribution in [0, 0.1) is 23.7 Å². The quantitative estimate of drug-likeness (QED) is 0.0394. The van der Waals surface area contributed by atoms with E-state index in [1.54, 1.807) is 29.2 Å². The van der Waals surface area contributed by atoms with Crippen molar-refractivity contribution < 1.29 is 95.4 Å². The highest BCUT2D eigenvalue weighted by Gasteiger charge is 2.56. The second kappa shape index (κ2) is 20.3. The number of phosphoric acid groups is 3. The summed E-state index contributed by atoms with van der Waals surface area (Å²) < 4.78 is 64.6. The first-order valence-electron chi connectivity index (χ1n) is 21.6. The molecule has 10 atom stereocenters. The molecule has 70 heavy (non-hydrogen) atoms. The maximum Gasteiger partial charge on any atom is 0.490 e. The molecule has 2 amide bonds. The number of carbonyl (C=O) groups excluding carboxylic acids is 3. The fourth-order valence-corrected chi connectivity index (χ4v) is 12.2. The molecule has 0 aromatic heterocycles. The average molecular weight is 1040 g/mol. The zero-order valence-electron chi connectivity index (χ0n) is 36.5. The van der Waals surface area contributed by atoms with Gasteiger partial charge in [0.1, 0.15) is 47.5 Å². The Morgan fingerprint density at radius 1 is 0.871 bits per heavy atom. The molecule has 5 aliphatic heterocycles. The van der Waals surface area contributed by atoms with Crippen molar-refractivity contribution >= 4 is 41.3 Å². The number of rotatable bonds is 16. The van der Waals surface area contributed by atoms with Crippen LogP contribution in [0.2, 0.25) is 0 Å². The highest BCUT2D eigenvalue weighted by Crippen LogP contribution is 2.66. The third-order valence-corrected chi connectivity index (χ3v) is 16.0. The molecular formula is C41H49N6O20P3.